The third kappa shape index (κ3) is 2.63. The molecule has 0 bridgehead atoms. The maximum atomic E-state index is 5.26. The minimum Gasteiger partial charge on any atom is -0.317 e. The number of thiophene rings is 1. The van der Waals surface area contributed by atoms with Gasteiger partial charge < -0.3 is 5.43 Å². The first-order valence-electron chi connectivity index (χ1n) is 6.11. The monoisotopic (exact) mass is 303 g/mol. The summed E-state index contributed by atoms with van der Waals surface area (Å²) in [6.07, 6.45) is 3.47. The number of pyridine rings is 1. The van der Waals surface area contributed by atoms with Crippen molar-refractivity contribution >= 4 is 23.6 Å². The second kappa shape index (κ2) is 5.56. The van der Waals surface area contributed by atoms with Gasteiger partial charge in [-0.05, 0) is 43.4 Å². The average Bonchev–Trinajstić information content (AvgIpc) is 3.04. The van der Waals surface area contributed by atoms with Crippen molar-refractivity contribution in [3.63, 3.8) is 0 Å². The number of rotatable bonds is 4. The van der Waals surface area contributed by atoms with E-state index in [-0.39, 0.29) is 0 Å². The van der Waals surface area contributed by atoms with Crippen molar-refractivity contribution in [2.24, 2.45) is 0 Å². The molecule has 20 heavy (non-hydrogen) atoms. The van der Waals surface area contributed by atoms with Crippen molar-refractivity contribution in [2.45, 2.75) is 13.5 Å². The zero-order valence-corrected chi connectivity index (χ0v) is 12.5. The van der Waals surface area contributed by atoms with E-state index in [0.717, 1.165) is 11.4 Å². The molecule has 0 aromatic carbocycles. The number of nitrogens with zero attached hydrogens (tertiary/aromatic N) is 3. The summed E-state index contributed by atoms with van der Waals surface area (Å²) >= 11 is 7.03. The molecule has 0 fully saturated rings. The molecule has 0 atom stereocenters. The van der Waals surface area contributed by atoms with Crippen LogP contribution in [-0.4, -0.2) is 19.9 Å². The Morgan fingerprint density at radius 2 is 2.10 bits per heavy atom. The van der Waals surface area contributed by atoms with Crippen LogP contribution < -0.4 is 5.43 Å². The topological polar surface area (TPSA) is 58.5 Å². The van der Waals surface area contributed by atoms with Gasteiger partial charge >= 0.3 is 0 Å². The largest absolute Gasteiger partial charge is 0.317 e. The first-order chi connectivity index (χ1) is 9.74. The maximum Gasteiger partial charge on any atom is 0.214 e. The minimum atomic E-state index is 0.546. The van der Waals surface area contributed by atoms with Crippen LogP contribution in [-0.2, 0) is 6.54 Å². The van der Waals surface area contributed by atoms with Gasteiger partial charge in [-0.3, -0.25) is 4.98 Å². The number of aromatic amines is 1. The molecular weight excluding hydrogens is 290 g/mol. The summed E-state index contributed by atoms with van der Waals surface area (Å²) in [6, 6.07) is 8.03. The Bertz CT molecular complexity index is 756. The standard InChI is InChI=1S/C13H13N5S2/c1-9-2-3-11(20-9)8-15-18-12(16-17-13(18)19)10-4-6-14-7-5-10/h2-7,15H,8H2,1H3,(H,17,19). The molecule has 0 amide bonds. The lowest BCUT2D eigenvalue weighted by atomic mass is 10.2. The molecule has 3 heterocycles. The first kappa shape index (κ1) is 13.0. The second-order valence-electron chi connectivity index (χ2n) is 4.27. The van der Waals surface area contributed by atoms with Gasteiger partial charge in [0.25, 0.3) is 0 Å². The van der Waals surface area contributed by atoms with Gasteiger partial charge in [0.05, 0.1) is 6.54 Å². The summed E-state index contributed by atoms with van der Waals surface area (Å²) < 4.78 is 2.34. The fourth-order valence-electron chi connectivity index (χ4n) is 1.88. The Labute approximate surface area is 125 Å². The Hall–Kier alpha value is -1.99. The van der Waals surface area contributed by atoms with Crippen molar-refractivity contribution in [2.75, 3.05) is 5.43 Å². The van der Waals surface area contributed by atoms with E-state index in [2.05, 4.69) is 39.7 Å². The van der Waals surface area contributed by atoms with Gasteiger partial charge in [-0.2, -0.15) is 5.10 Å². The maximum absolute atomic E-state index is 5.26. The molecule has 0 saturated carbocycles. The molecule has 0 aliphatic heterocycles. The Kier molecular flexibility index (Phi) is 3.62. The van der Waals surface area contributed by atoms with Crippen LogP contribution in [0.5, 0.6) is 0 Å². The summed E-state index contributed by atoms with van der Waals surface area (Å²) in [6.45, 7) is 2.81. The van der Waals surface area contributed by atoms with Gasteiger partial charge in [0.1, 0.15) is 0 Å². The lowest BCUT2D eigenvalue weighted by Crippen LogP contribution is -2.15. The molecule has 7 heteroatoms. The fourth-order valence-corrected chi connectivity index (χ4v) is 2.89. The highest BCUT2D eigenvalue weighted by Crippen LogP contribution is 2.17. The third-order valence-corrected chi connectivity index (χ3v) is 4.09. The van der Waals surface area contributed by atoms with E-state index in [0.29, 0.717) is 11.3 Å². The van der Waals surface area contributed by atoms with E-state index in [9.17, 15) is 0 Å². The van der Waals surface area contributed by atoms with Gasteiger partial charge in [0.2, 0.25) is 4.77 Å². The smallest absolute Gasteiger partial charge is 0.214 e. The molecular formula is C13H13N5S2. The van der Waals surface area contributed by atoms with Crippen molar-refractivity contribution in [3.05, 3.63) is 51.2 Å². The molecule has 102 valence electrons. The van der Waals surface area contributed by atoms with Gasteiger partial charge in [-0.1, -0.05) is 0 Å². The van der Waals surface area contributed by atoms with E-state index in [4.69, 9.17) is 12.2 Å². The van der Waals surface area contributed by atoms with E-state index >= 15 is 0 Å². The highest BCUT2D eigenvalue weighted by atomic mass is 32.1. The van der Waals surface area contributed by atoms with Crippen LogP contribution >= 0.6 is 23.6 Å². The Morgan fingerprint density at radius 3 is 2.80 bits per heavy atom. The van der Waals surface area contributed by atoms with Crippen LogP contribution in [0.25, 0.3) is 11.4 Å². The van der Waals surface area contributed by atoms with Crippen LogP contribution in [0.1, 0.15) is 9.75 Å². The van der Waals surface area contributed by atoms with Gasteiger partial charge in [0.15, 0.2) is 5.82 Å². The highest BCUT2D eigenvalue weighted by molar-refractivity contribution is 7.71. The first-order valence-corrected chi connectivity index (χ1v) is 7.33. The molecule has 0 saturated heterocycles. The van der Waals surface area contributed by atoms with Crippen molar-refractivity contribution in [3.8, 4) is 11.4 Å². The molecule has 0 unspecified atom stereocenters. The average molecular weight is 303 g/mol. The summed E-state index contributed by atoms with van der Waals surface area (Å²) in [5.41, 5.74) is 4.26. The Morgan fingerprint density at radius 1 is 1.30 bits per heavy atom. The number of hydrogen-bond acceptors (Lipinski definition) is 5. The predicted molar refractivity (Wildman–Crippen MR) is 82.8 cm³/mol. The lowest BCUT2D eigenvalue weighted by Gasteiger charge is -2.08. The lowest BCUT2D eigenvalue weighted by molar-refractivity contribution is 0.838. The highest BCUT2D eigenvalue weighted by Gasteiger charge is 2.08. The number of hydrogen-bond donors (Lipinski definition) is 2. The molecule has 5 nitrogen and oxygen atoms in total. The zero-order valence-electron chi connectivity index (χ0n) is 10.8. The van der Waals surface area contributed by atoms with Crippen molar-refractivity contribution in [1.82, 2.24) is 19.9 Å². The number of H-pyrrole nitrogens is 1. The van der Waals surface area contributed by atoms with E-state index < -0.39 is 0 Å². The number of aryl methyl sites for hydroxylation is 1. The molecule has 0 aliphatic carbocycles. The molecule has 3 aromatic heterocycles. The predicted octanol–water partition coefficient (Wildman–Crippen LogP) is 3.12. The van der Waals surface area contributed by atoms with E-state index in [1.165, 1.54) is 9.75 Å². The van der Waals surface area contributed by atoms with Crippen molar-refractivity contribution in [1.29, 1.82) is 0 Å². The van der Waals surface area contributed by atoms with E-state index in [1.54, 1.807) is 28.4 Å². The summed E-state index contributed by atoms with van der Waals surface area (Å²) in [5, 5.41) is 7.08. The molecule has 3 aromatic rings. The molecule has 0 radical (unpaired) electrons. The summed E-state index contributed by atoms with van der Waals surface area (Å²) in [7, 11) is 0. The molecule has 0 aliphatic rings. The van der Waals surface area contributed by atoms with Crippen LogP contribution in [0.3, 0.4) is 0 Å². The molecule has 0 spiro atoms. The van der Waals surface area contributed by atoms with Gasteiger partial charge in [-0.15, -0.1) is 11.3 Å². The number of nitrogens with one attached hydrogen (secondary N) is 2. The van der Waals surface area contributed by atoms with Gasteiger partial charge in [-0.25, -0.2) is 9.77 Å². The normalized spacial score (nSPS) is 10.7. The summed E-state index contributed by atoms with van der Waals surface area (Å²) in [4.78, 5) is 6.57. The van der Waals surface area contributed by atoms with Crippen LogP contribution in [0.2, 0.25) is 0 Å². The van der Waals surface area contributed by atoms with E-state index in [1.807, 2.05) is 12.1 Å². The van der Waals surface area contributed by atoms with Gasteiger partial charge in [0, 0.05) is 27.7 Å². The Balaban J connectivity index is 1.86. The summed E-state index contributed by atoms with van der Waals surface area (Å²) in [5.74, 6) is 0.755. The number of aromatic nitrogens is 4. The van der Waals surface area contributed by atoms with Crippen LogP contribution in [0.4, 0.5) is 0 Å². The molecule has 3 rings (SSSR count). The van der Waals surface area contributed by atoms with Crippen molar-refractivity contribution < 1.29 is 0 Å². The SMILES string of the molecule is Cc1ccc(CNn2c(-c3ccncc3)n[nH]c2=S)s1. The minimum absolute atomic E-state index is 0.546. The van der Waals surface area contributed by atoms with Crippen LogP contribution in [0.15, 0.2) is 36.7 Å². The zero-order chi connectivity index (χ0) is 13.9. The van der Waals surface area contributed by atoms with Crippen LogP contribution in [0, 0.1) is 11.7 Å². The third-order valence-electron chi connectivity index (χ3n) is 2.82. The quantitative estimate of drug-likeness (QED) is 0.727. The second-order valence-corrected chi connectivity index (χ2v) is 6.03. The molecule has 2 N–H and O–H groups in total. The fraction of sp³-hybridized carbons (Fsp3) is 0.154.